The van der Waals surface area contributed by atoms with Crippen molar-refractivity contribution in [2.45, 2.75) is 18.9 Å². The van der Waals surface area contributed by atoms with Crippen molar-refractivity contribution in [2.24, 2.45) is 0 Å². The maximum Gasteiger partial charge on any atom is 0.408 e. The van der Waals surface area contributed by atoms with Crippen LogP contribution < -0.4 is 5.32 Å². The minimum absolute atomic E-state index is 0.266. The van der Waals surface area contributed by atoms with Gasteiger partial charge in [-0.05, 0) is 24.1 Å². The van der Waals surface area contributed by atoms with E-state index in [0.29, 0.717) is 5.02 Å². The van der Waals surface area contributed by atoms with Crippen LogP contribution in [0.4, 0.5) is 13.6 Å². The first-order valence-corrected chi connectivity index (χ1v) is 5.35. The van der Waals surface area contributed by atoms with Crippen molar-refractivity contribution < 1.29 is 18.3 Å². The molecule has 0 aliphatic carbocycles. The van der Waals surface area contributed by atoms with Crippen LogP contribution in [-0.2, 0) is 4.74 Å². The Morgan fingerprint density at radius 3 is 2.88 bits per heavy atom. The number of alkyl halides is 2. The van der Waals surface area contributed by atoms with Crippen LogP contribution in [0, 0.1) is 6.92 Å². The number of carbonyl (C=O) groups excluding carboxylic acids is 1. The molecule has 1 aliphatic heterocycles. The number of halogens is 3. The fraction of sp³-hybridized carbons (Fsp3) is 0.364. The van der Waals surface area contributed by atoms with Gasteiger partial charge in [0, 0.05) is 5.02 Å². The molecule has 0 spiro atoms. The molecule has 1 heterocycles. The van der Waals surface area contributed by atoms with E-state index in [0.717, 1.165) is 5.56 Å². The van der Waals surface area contributed by atoms with Crippen LogP contribution in [0.25, 0.3) is 0 Å². The number of alkyl carbamates (subject to hydrolysis) is 1. The first kappa shape index (κ1) is 12.1. The number of hydrogen-bond acceptors (Lipinski definition) is 2. The van der Waals surface area contributed by atoms with Gasteiger partial charge in [0.05, 0.1) is 0 Å². The number of amides is 1. The van der Waals surface area contributed by atoms with E-state index in [-0.39, 0.29) is 5.56 Å². The third-order valence-electron chi connectivity index (χ3n) is 2.61. The molecule has 3 nitrogen and oxygen atoms in total. The molecule has 92 valence electrons. The smallest absolute Gasteiger partial charge is 0.408 e. The second-order valence-corrected chi connectivity index (χ2v) is 4.33. The predicted molar refractivity (Wildman–Crippen MR) is 58.4 cm³/mol. The molecule has 1 amide bonds. The molecular formula is C11H10ClF2NO2. The van der Waals surface area contributed by atoms with Crippen molar-refractivity contribution in [1.82, 2.24) is 5.32 Å². The van der Waals surface area contributed by atoms with Crippen molar-refractivity contribution in [2.75, 3.05) is 6.61 Å². The van der Waals surface area contributed by atoms with Crippen molar-refractivity contribution in [3.05, 3.63) is 34.3 Å². The van der Waals surface area contributed by atoms with Crippen molar-refractivity contribution >= 4 is 17.7 Å². The summed E-state index contributed by atoms with van der Waals surface area (Å²) >= 11 is 5.87. The molecule has 0 saturated carbocycles. The lowest BCUT2D eigenvalue weighted by Gasteiger charge is -2.31. The van der Waals surface area contributed by atoms with Crippen LogP contribution in [0.3, 0.4) is 0 Å². The first-order valence-electron chi connectivity index (χ1n) is 4.97. The lowest BCUT2D eigenvalue weighted by molar-refractivity contribution is -0.104. The SMILES string of the molecule is Cc1ccc([C@H]2NC(=O)OCC2(F)F)cc1Cl. The summed E-state index contributed by atoms with van der Waals surface area (Å²) in [6, 6.07) is 3.18. The Balaban J connectivity index is 2.36. The van der Waals surface area contributed by atoms with Gasteiger partial charge < -0.3 is 10.1 Å². The van der Waals surface area contributed by atoms with Crippen LogP contribution >= 0.6 is 11.6 Å². The molecule has 1 N–H and O–H groups in total. The summed E-state index contributed by atoms with van der Waals surface area (Å²) < 4.78 is 31.4. The van der Waals surface area contributed by atoms with Gasteiger partial charge in [0.15, 0.2) is 6.61 Å². The molecule has 1 fully saturated rings. The molecule has 0 bridgehead atoms. The van der Waals surface area contributed by atoms with E-state index in [1.807, 2.05) is 0 Å². The topological polar surface area (TPSA) is 38.3 Å². The number of hydrogen-bond donors (Lipinski definition) is 1. The molecule has 1 saturated heterocycles. The van der Waals surface area contributed by atoms with Crippen LogP contribution in [0.2, 0.25) is 5.02 Å². The molecule has 1 atom stereocenters. The van der Waals surface area contributed by atoms with E-state index < -0.39 is 24.7 Å². The Hall–Kier alpha value is -1.36. The van der Waals surface area contributed by atoms with Gasteiger partial charge in [-0.15, -0.1) is 0 Å². The monoisotopic (exact) mass is 261 g/mol. The molecule has 0 radical (unpaired) electrons. The van der Waals surface area contributed by atoms with Gasteiger partial charge in [-0.25, -0.2) is 13.6 Å². The highest BCUT2D eigenvalue weighted by molar-refractivity contribution is 6.31. The third-order valence-corrected chi connectivity index (χ3v) is 3.02. The maximum atomic E-state index is 13.6. The van der Waals surface area contributed by atoms with Gasteiger partial charge >= 0.3 is 12.0 Å². The average molecular weight is 262 g/mol. The van der Waals surface area contributed by atoms with Crippen LogP contribution in [0.5, 0.6) is 0 Å². The quantitative estimate of drug-likeness (QED) is 0.844. The lowest BCUT2D eigenvalue weighted by Crippen LogP contribution is -2.49. The van der Waals surface area contributed by atoms with Gasteiger partial charge in [0.1, 0.15) is 6.04 Å². The Morgan fingerprint density at radius 1 is 1.53 bits per heavy atom. The van der Waals surface area contributed by atoms with Gasteiger partial charge in [0.25, 0.3) is 0 Å². The Labute approximate surface area is 102 Å². The molecule has 0 aromatic heterocycles. The summed E-state index contributed by atoms with van der Waals surface area (Å²) in [6.07, 6.45) is -0.849. The van der Waals surface area contributed by atoms with Gasteiger partial charge in [-0.1, -0.05) is 23.7 Å². The van der Waals surface area contributed by atoms with Crippen molar-refractivity contribution in [1.29, 1.82) is 0 Å². The summed E-state index contributed by atoms with van der Waals surface area (Å²) in [5.41, 5.74) is 1.05. The maximum absolute atomic E-state index is 13.6. The van der Waals surface area contributed by atoms with Gasteiger partial charge in [-0.2, -0.15) is 0 Å². The zero-order valence-electron chi connectivity index (χ0n) is 8.97. The molecular weight excluding hydrogens is 252 g/mol. The van der Waals surface area contributed by atoms with E-state index in [2.05, 4.69) is 10.1 Å². The van der Waals surface area contributed by atoms with E-state index in [1.54, 1.807) is 13.0 Å². The summed E-state index contributed by atoms with van der Waals surface area (Å²) in [7, 11) is 0. The highest BCUT2D eigenvalue weighted by atomic mass is 35.5. The minimum Gasteiger partial charge on any atom is -0.443 e. The highest BCUT2D eigenvalue weighted by Crippen LogP contribution is 2.35. The third kappa shape index (κ3) is 2.34. The normalized spacial score (nSPS) is 22.8. The van der Waals surface area contributed by atoms with Gasteiger partial charge in [-0.3, -0.25) is 0 Å². The fourth-order valence-electron chi connectivity index (χ4n) is 1.63. The summed E-state index contributed by atoms with van der Waals surface area (Å²) in [5, 5.41) is 2.49. The number of rotatable bonds is 1. The Kier molecular flexibility index (Phi) is 2.95. The lowest BCUT2D eigenvalue weighted by atomic mass is 9.99. The number of cyclic esters (lactones) is 1. The number of aryl methyl sites for hydroxylation is 1. The zero-order chi connectivity index (χ0) is 12.6. The van der Waals surface area contributed by atoms with Crippen molar-refractivity contribution in [3.63, 3.8) is 0 Å². The number of nitrogens with one attached hydrogen (secondary N) is 1. The van der Waals surface area contributed by atoms with E-state index in [1.165, 1.54) is 12.1 Å². The largest absolute Gasteiger partial charge is 0.443 e. The van der Waals surface area contributed by atoms with E-state index >= 15 is 0 Å². The number of benzene rings is 1. The summed E-state index contributed by atoms with van der Waals surface area (Å²) in [4.78, 5) is 11.0. The Bertz CT molecular complexity index is 465. The number of carbonyl (C=O) groups is 1. The molecule has 1 aromatic carbocycles. The molecule has 17 heavy (non-hydrogen) atoms. The predicted octanol–water partition coefficient (Wildman–Crippen LogP) is 3.06. The zero-order valence-corrected chi connectivity index (χ0v) is 9.72. The highest BCUT2D eigenvalue weighted by Gasteiger charge is 2.46. The van der Waals surface area contributed by atoms with Crippen LogP contribution in [-0.4, -0.2) is 18.6 Å². The van der Waals surface area contributed by atoms with Crippen LogP contribution in [0.15, 0.2) is 18.2 Å². The standard InChI is InChI=1S/C11H10ClF2NO2/c1-6-2-3-7(4-8(6)12)9-11(13,14)5-17-10(16)15-9/h2-4,9H,5H2,1H3,(H,15,16)/t9-/m1/s1. The number of ether oxygens (including phenoxy) is 1. The second-order valence-electron chi connectivity index (χ2n) is 3.92. The second kappa shape index (κ2) is 4.14. The van der Waals surface area contributed by atoms with E-state index in [9.17, 15) is 13.6 Å². The molecule has 2 rings (SSSR count). The molecule has 1 aromatic rings. The van der Waals surface area contributed by atoms with Crippen LogP contribution in [0.1, 0.15) is 17.2 Å². The summed E-state index contributed by atoms with van der Waals surface area (Å²) in [6.45, 7) is 0.849. The molecule has 1 aliphatic rings. The first-order chi connectivity index (χ1) is 7.90. The average Bonchev–Trinajstić information content (AvgIpc) is 2.26. The fourth-order valence-corrected chi connectivity index (χ4v) is 1.82. The molecule has 6 heteroatoms. The molecule has 0 unspecified atom stereocenters. The Morgan fingerprint density at radius 2 is 2.24 bits per heavy atom. The van der Waals surface area contributed by atoms with E-state index in [4.69, 9.17) is 11.6 Å². The van der Waals surface area contributed by atoms with Crippen molar-refractivity contribution in [3.8, 4) is 0 Å². The summed E-state index contributed by atoms with van der Waals surface area (Å²) in [5.74, 6) is -3.15. The van der Waals surface area contributed by atoms with Gasteiger partial charge in [0.2, 0.25) is 0 Å². The minimum atomic E-state index is -3.15.